The number of carboxylic acids is 1. The fourth-order valence-electron chi connectivity index (χ4n) is 3.54. The summed E-state index contributed by atoms with van der Waals surface area (Å²) in [5.74, 6) is -3.06. The Morgan fingerprint density at radius 1 is 1.22 bits per heavy atom. The maximum atomic E-state index is 14.6. The third kappa shape index (κ3) is 3.97. The Morgan fingerprint density at radius 3 is 2.70 bits per heavy atom. The molecule has 142 valence electrons. The summed E-state index contributed by atoms with van der Waals surface area (Å²) in [5.41, 5.74) is 1.11. The first-order valence-corrected chi connectivity index (χ1v) is 8.79. The number of benzene rings is 1. The van der Waals surface area contributed by atoms with Crippen molar-refractivity contribution < 1.29 is 23.5 Å². The van der Waals surface area contributed by atoms with E-state index in [0.717, 1.165) is 6.42 Å². The molecule has 1 fully saturated rings. The van der Waals surface area contributed by atoms with Crippen molar-refractivity contribution in [3.63, 3.8) is 0 Å². The molecule has 1 atom stereocenters. The van der Waals surface area contributed by atoms with E-state index in [-0.39, 0.29) is 29.0 Å². The lowest BCUT2D eigenvalue weighted by Crippen LogP contribution is -2.28. The summed E-state index contributed by atoms with van der Waals surface area (Å²) in [5, 5.41) is 8.99. The molecule has 0 aliphatic carbocycles. The molecule has 1 N–H and O–H groups in total. The predicted molar refractivity (Wildman–Crippen MR) is 94.3 cm³/mol. The number of carbonyl (C=O) groups is 2. The Kier molecular flexibility index (Phi) is 5.48. The fourth-order valence-corrected chi connectivity index (χ4v) is 3.54. The minimum Gasteiger partial charge on any atom is -0.478 e. The highest BCUT2D eigenvalue weighted by atomic mass is 19.2. The van der Waals surface area contributed by atoms with E-state index in [1.165, 1.54) is 25.4 Å². The van der Waals surface area contributed by atoms with E-state index < -0.39 is 23.6 Å². The van der Waals surface area contributed by atoms with Crippen molar-refractivity contribution in [3.8, 4) is 0 Å². The quantitative estimate of drug-likeness (QED) is 0.869. The molecule has 1 aromatic carbocycles. The van der Waals surface area contributed by atoms with Crippen LogP contribution in [0.15, 0.2) is 30.6 Å². The molecule has 0 spiro atoms. The van der Waals surface area contributed by atoms with E-state index in [2.05, 4.69) is 4.98 Å². The maximum absolute atomic E-state index is 14.6. The molecule has 3 rings (SSSR count). The van der Waals surface area contributed by atoms with Crippen LogP contribution in [0.25, 0.3) is 0 Å². The van der Waals surface area contributed by atoms with Crippen LogP contribution in [0.1, 0.15) is 52.9 Å². The Labute approximate surface area is 155 Å². The molecule has 1 aliphatic heterocycles. The second-order valence-electron chi connectivity index (χ2n) is 6.70. The second kappa shape index (κ2) is 7.82. The number of hydrogen-bond acceptors (Lipinski definition) is 3. The van der Waals surface area contributed by atoms with Crippen LogP contribution in [0.5, 0.6) is 0 Å². The number of aromatic carboxylic acids is 1. The second-order valence-corrected chi connectivity index (χ2v) is 6.70. The summed E-state index contributed by atoms with van der Waals surface area (Å²) in [7, 11) is 0. The van der Waals surface area contributed by atoms with Crippen LogP contribution < -0.4 is 0 Å². The average Bonchev–Trinajstić information content (AvgIpc) is 3.13. The van der Waals surface area contributed by atoms with Gasteiger partial charge in [-0.2, -0.15) is 0 Å². The molecule has 1 aliphatic rings. The largest absolute Gasteiger partial charge is 0.478 e. The Morgan fingerprint density at radius 2 is 2.00 bits per heavy atom. The van der Waals surface area contributed by atoms with Gasteiger partial charge in [-0.1, -0.05) is 12.1 Å². The van der Waals surface area contributed by atoms with Crippen molar-refractivity contribution >= 4 is 11.9 Å². The SMILES string of the molecule is CC(=O)N1CCCC1c1ccc(CCc2cncc(C(=O)O)c2)c(F)c1F. The molecule has 1 aromatic heterocycles. The lowest BCUT2D eigenvalue weighted by molar-refractivity contribution is -0.129. The first-order chi connectivity index (χ1) is 12.9. The van der Waals surface area contributed by atoms with Gasteiger partial charge in [0, 0.05) is 31.4 Å². The van der Waals surface area contributed by atoms with Gasteiger partial charge in [0.05, 0.1) is 11.6 Å². The summed E-state index contributed by atoms with van der Waals surface area (Å²) in [6.45, 7) is 1.98. The highest BCUT2D eigenvalue weighted by Gasteiger charge is 2.31. The molecular formula is C20H20F2N2O3. The summed E-state index contributed by atoms with van der Waals surface area (Å²) >= 11 is 0. The topological polar surface area (TPSA) is 70.5 Å². The van der Waals surface area contributed by atoms with Crippen LogP contribution in [0.2, 0.25) is 0 Å². The van der Waals surface area contributed by atoms with Crippen molar-refractivity contribution in [1.29, 1.82) is 0 Å². The molecule has 0 saturated carbocycles. The molecule has 1 amide bonds. The van der Waals surface area contributed by atoms with Gasteiger partial charge in [-0.3, -0.25) is 9.78 Å². The van der Waals surface area contributed by atoms with E-state index in [9.17, 15) is 18.4 Å². The normalized spacial score (nSPS) is 16.6. The Hall–Kier alpha value is -2.83. The number of aryl methyl sites for hydroxylation is 2. The van der Waals surface area contributed by atoms with Gasteiger partial charge in [0.2, 0.25) is 5.91 Å². The molecule has 2 heterocycles. The van der Waals surface area contributed by atoms with Crippen LogP contribution in [-0.2, 0) is 17.6 Å². The molecule has 0 bridgehead atoms. The lowest BCUT2D eigenvalue weighted by Gasteiger charge is -2.24. The molecule has 2 aromatic rings. The van der Waals surface area contributed by atoms with E-state index in [4.69, 9.17) is 5.11 Å². The number of nitrogens with zero attached hydrogens (tertiary/aromatic N) is 2. The van der Waals surface area contributed by atoms with Gasteiger partial charge in [0.15, 0.2) is 11.6 Å². The Bertz CT molecular complexity index is 886. The lowest BCUT2D eigenvalue weighted by atomic mass is 9.98. The molecule has 27 heavy (non-hydrogen) atoms. The number of pyridine rings is 1. The van der Waals surface area contributed by atoms with Gasteiger partial charge in [0.1, 0.15) is 0 Å². The van der Waals surface area contributed by atoms with Crippen LogP contribution in [0, 0.1) is 11.6 Å². The zero-order valence-electron chi connectivity index (χ0n) is 14.9. The molecule has 5 nitrogen and oxygen atoms in total. The van der Waals surface area contributed by atoms with Gasteiger partial charge in [-0.15, -0.1) is 0 Å². The highest BCUT2D eigenvalue weighted by Crippen LogP contribution is 2.34. The molecule has 0 radical (unpaired) electrons. The van der Waals surface area contributed by atoms with Crippen molar-refractivity contribution in [2.24, 2.45) is 0 Å². The molecule has 1 saturated heterocycles. The molecule has 7 heteroatoms. The summed E-state index contributed by atoms with van der Waals surface area (Å²) in [6.07, 6.45) is 4.69. The number of carboxylic acid groups (broad SMARTS) is 1. The molecule has 1 unspecified atom stereocenters. The van der Waals surface area contributed by atoms with E-state index in [1.54, 1.807) is 17.0 Å². The van der Waals surface area contributed by atoms with E-state index in [1.807, 2.05) is 0 Å². The zero-order valence-corrected chi connectivity index (χ0v) is 14.9. The van der Waals surface area contributed by atoms with E-state index >= 15 is 0 Å². The van der Waals surface area contributed by atoms with Crippen LogP contribution in [-0.4, -0.2) is 33.4 Å². The number of amides is 1. The first-order valence-electron chi connectivity index (χ1n) is 8.79. The average molecular weight is 374 g/mol. The summed E-state index contributed by atoms with van der Waals surface area (Å²) in [4.78, 5) is 28.1. The first kappa shape index (κ1) is 18.9. The Balaban J connectivity index is 1.78. The monoisotopic (exact) mass is 374 g/mol. The van der Waals surface area contributed by atoms with E-state index in [0.29, 0.717) is 24.9 Å². The van der Waals surface area contributed by atoms with Crippen molar-refractivity contribution in [2.45, 2.75) is 38.6 Å². The van der Waals surface area contributed by atoms with Crippen LogP contribution in [0.3, 0.4) is 0 Å². The summed E-state index contributed by atoms with van der Waals surface area (Å²) in [6, 6.07) is 4.13. The van der Waals surface area contributed by atoms with Gasteiger partial charge in [-0.25, -0.2) is 13.6 Å². The number of hydrogen-bond donors (Lipinski definition) is 1. The fraction of sp³-hybridized carbons (Fsp3) is 0.350. The number of halogens is 2. The third-order valence-electron chi connectivity index (χ3n) is 4.93. The molecular weight excluding hydrogens is 354 g/mol. The minimum atomic E-state index is -1.09. The zero-order chi connectivity index (χ0) is 19.6. The smallest absolute Gasteiger partial charge is 0.337 e. The van der Waals surface area contributed by atoms with Gasteiger partial charge < -0.3 is 10.0 Å². The van der Waals surface area contributed by atoms with Crippen LogP contribution in [0.4, 0.5) is 8.78 Å². The van der Waals surface area contributed by atoms with Gasteiger partial charge in [0.25, 0.3) is 0 Å². The number of aromatic nitrogens is 1. The third-order valence-corrected chi connectivity index (χ3v) is 4.93. The van der Waals surface area contributed by atoms with Crippen LogP contribution >= 0.6 is 0 Å². The van der Waals surface area contributed by atoms with Gasteiger partial charge in [-0.05, 0) is 42.9 Å². The van der Waals surface area contributed by atoms with Gasteiger partial charge >= 0.3 is 5.97 Å². The van der Waals surface area contributed by atoms with Crippen molar-refractivity contribution in [3.05, 3.63) is 64.5 Å². The standard InChI is InChI=1S/C20H20F2N2O3/c1-12(25)24-8-2-3-17(24)16-7-6-14(18(21)19(16)22)5-4-13-9-15(20(26)27)11-23-10-13/h6-7,9-11,17H,2-5,8H2,1H3,(H,26,27). The predicted octanol–water partition coefficient (Wildman–Crippen LogP) is 3.53. The summed E-state index contributed by atoms with van der Waals surface area (Å²) < 4.78 is 29.2. The number of carbonyl (C=O) groups excluding carboxylic acids is 1. The van der Waals surface area contributed by atoms with Crippen molar-refractivity contribution in [2.75, 3.05) is 6.54 Å². The number of rotatable bonds is 5. The maximum Gasteiger partial charge on any atom is 0.337 e. The number of likely N-dealkylation sites (tertiary alicyclic amines) is 1. The highest BCUT2D eigenvalue weighted by molar-refractivity contribution is 5.87. The van der Waals surface area contributed by atoms with Crippen molar-refractivity contribution in [1.82, 2.24) is 9.88 Å². The minimum absolute atomic E-state index is 0.0556.